The first-order valence-electron chi connectivity index (χ1n) is 7.86. The third-order valence-electron chi connectivity index (χ3n) is 3.74. The number of rotatable bonds is 5. The average molecular weight is 290 g/mol. The number of nitrogens with zero attached hydrogens (tertiary/aromatic N) is 2. The van der Waals surface area contributed by atoms with Gasteiger partial charge in [-0.3, -0.25) is 0 Å². The topological polar surface area (TPSA) is 58.5 Å². The lowest BCUT2D eigenvalue weighted by molar-refractivity contribution is 0.392. The Morgan fingerprint density at radius 1 is 1.38 bits per heavy atom. The summed E-state index contributed by atoms with van der Waals surface area (Å²) in [5.74, 6) is 1.53. The smallest absolute Gasteiger partial charge is 0.218 e. The Balaban J connectivity index is 1.99. The van der Waals surface area contributed by atoms with E-state index in [0.29, 0.717) is 18.5 Å². The van der Waals surface area contributed by atoms with Crippen LogP contribution in [0.1, 0.15) is 44.6 Å². The van der Waals surface area contributed by atoms with Gasteiger partial charge in [0.15, 0.2) is 5.96 Å². The molecule has 1 saturated carbocycles. The highest BCUT2D eigenvalue weighted by atomic mass is 16.5. The Morgan fingerprint density at radius 3 is 2.90 bits per heavy atom. The van der Waals surface area contributed by atoms with Crippen LogP contribution in [0.25, 0.3) is 0 Å². The molecular formula is C16H26N4O. The molecule has 0 aromatic carbocycles. The first kappa shape index (κ1) is 15.6. The quantitative estimate of drug-likeness (QED) is 0.646. The Hall–Kier alpha value is -1.78. The molecule has 1 aliphatic carbocycles. The van der Waals surface area contributed by atoms with Crippen molar-refractivity contribution in [3.63, 3.8) is 0 Å². The second-order valence-electron chi connectivity index (χ2n) is 5.35. The second-order valence-corrected chi connectivity index (χ2v) is 5.35. The number of aliphatic imine (C=N–C) groups is 1. The molecule has 0 unspecified atom stereocenters. The fourth-order valence-corrected chi connectivity index (χ4v) is 2.65. The molecule has 0 atom stereocenters. The molecule has 116 valence electrons. The van der Waals surface area contributed by atoms with E-state index in [1.54, 1.807) is 13.3 Å². The normalized spacial score (nSPS) is 16.6. The molecule has 0 spiro atoms. The largest absolute Gasteiger partial charge is 0.481 e. The number of nitrogens with one attached hydrogen (secondary N) is 2. The minimum absolute atomic E-state index is 0.548. The van der Waals surface area contributed by atoms with Crippen molar-refractivity contribution in [2.75, 3.05) is 13.7 Å². The number of ether oxygens (including phenoxy) is 1. The third-order valence-corrected chi connectivity index (χ3v) is 3.74. The first-order chi connectivity index (χ1) is 10.3. The average Bonchev–Trinajstić information content (AvgIpc) is 2.54. The molecule has 0 saturated heterocycles. The fraction of sp³-hybridized carbons (Fsp3) is 0.625. The maximum atomic E-state index is 5.27. The monoisotopic (exact) mass is 290 g/mol. The number of pyridine rings is 1. The molecule has 1 aromatic rings. The SMILES string of the molecule is CCNC(=NCc1cccnc1OC)NC1CCCCC1. The number of hydrogen-bond acceptors (Lipinski definition) is 3. The van der Waals surface area contributed by atoms with Crippen LogP contribution in [0, 0.1) is 0 Å². The van der Waals surface area contributed by atoms with Crippen molar-refractivity contribution in [3.05, 3.63) is 23.9 Å². The van der Waals surface area contributed by atoms with Crippen LogP contribution in [0.3, 0.4) is 0 Å². The van der Waals surface area contributed by atoms with Crippen LogP contribution in [-0.2, 0) is 6.54 Å². The Kier molecular flexibility index (Phi) is 6.31. The minimum atomic E-state index is 0.548. The highest BCUT2D eigenvalue weighted by Crippen LogP contribution is 2.17. The van der Waals surface area contributed by atoms with Gasteiger partial charge in [-0.15, -0.1) is 0 Å². The van der Waals surface area contributed by atoms with Gasteiger partial charge in [-0.25, -0.2) is 9.98 Å². The molecule has 21 heavy (non-hydrogen) atoms. The molecular weight excluding hydrogens is 264 g/mol. The van der Waals surface area contributed by atoms with Crippen LogP contribution in [-0.4, -0.2) is 30.6 Å². The third kappa shape index (κ3) is 4.92. The zero-order valence-electron chi connectivity index (χ0n) is 13.1. The summed E-state index contributed by atoms with van der Waals surface area (Å²) in [6.07, 6.45) is 8.19. The van der Waals surface area contributed by atoms with E-state index in [9.17, 15) is 0 Å². The molecule has 5 nitrogen and oxygen atoms in total. The molecule has 1 heterocycles. The zero-order valence-corrected chi connectivity index (χ0v) is 13.1. The van der Waals surface area contributed by atoms with E-state index in [1.165, 1.54) is 32.1 Å². The van der Waals surface area contributed by atoms with Gasteiger partial charge in [0, 0.05) is 24.3 Å². The van der Waals surface area contributed by atoms with Crippen molar-refractivity contribution >= 4 is 5.96 Å². The Bertz CT molecular complexity index is 455. The number of guanidine groups is 1. The zero-order chi connectivity index (χ0) is 14.9. The molecule has 1 aliphatic rings. The van der Waals surface area contributed by atoms with Gasteiger partial charge in [-0.1, -0.05) is 25.3 Å². The van der Waals surface area contributed by atoms with Crippen LogP contribution >= 0.6 is 0 Å². The van der Waals surface area contributed by atoms with Gasteiger partial charge in [0.25, 0.3) is 0 Å². The van der Waals surface area contributed by atoms with Gasteiger partial charge in [-0.2, -0.15) is 0 Å². The number of methoxy groups -OCH3 is 1. The maximum absolute atomic E-state index is 5.27. The van der Waals surface area contributed by atoms with Crippen molar-refractivity contribution in [1.29, 1.82) is 0 Å². The molecule has 1 aromatic heterocycles. The first-order valence-corrected chi connectivity index (χ1v) is 7.86. The Labute approximate surface area is 127 Å². The Morgan fingerprint density at radius 2 is 2.19 bits per heavy atom. The van der Waals surface area contributed by atoms with E-state index < -0.39 is 0 Å². The molecule has 0 radical (unpaired) electrons. The predicted octanol–water partition coefficient (Wildman–Crippen LogP) is 2.48. The van der Waals surface area contributed by atoms with E-state index in [0.717, 1.165) is 18.1 Å². The number of hydrogen-bond donors (Lipinski definition) is 2. The molecule has 1 fully saturated rings. The number of aromatic nitrogens is 1. The summed E-state index contributed by atoms with van der Waals surface area (Å²) in [6.45, 7) is 3.52. The summed E-state index contributed by atoms with van der Waals surface area (Å²) in [7, 11) is 1.64. The summed E-state index contributed by atoms with van der Waals surface area (Å²) in [5, 5.41) is 6.86. The molecule has 0 bridgehead atoms. The fourth-order valence-electron chi connectivity index (χ4n) is 2.65. The van der Waals surface area contributed by atoms with Crippen molar-refractivity contribution in [2.45, 2.75) is 51.6 Å². The summed E-state index contributed by atoms with van der Waals surface area (Å²) in [4.78, 5) is 8.87. The van der Waals surface area contributed by atoms with E-state index in [4.69, 9.17) is 4.74 Å². The molecule has 0 aliphatic heterocycles. The van der Waals surface area contributed by atoms with Crippen molar-refractivity contribution in [1.82, 2.24) is 15.6 Å². The summed E-state index contributed by atoms with van der Waals surface area (Å²) < 4.78 is 5.27. The highest BCUT2D eigenvalue weighted by molar-refractivity contribution is 5.80. The van der Waals surface area contributed by atoms with Gasteiger partial charge in [-0.05, 0) is 25.8 Å². The van der Waals surface area contributed by atoms with Gasteiger partial charge < -0.3 is 15.4 Å². The van der Waals surface area contributed by atoms with Crippen LogP contribution in [0.4, 0.5) is 0 Å². The van der Waals surface area contributed by atoms with Gasteiger partial charge in [0.1, 0.15) is 0 Å². The van der Waals surface area contributed by atoms with Crippen LogP contribution in [0.5, 0.6) is 5.88 Å². The summed E-state index contributed by atoms with van der Waals surface area (Å²) in [5.41, 5.74) is 1.00. The molecule has 2 N–H and O–H groups in total. The summed E-state index contributed by atoms with van der Waals surface area (Å²) in [6, 6.07) is 4.46. The molecule has 5 heteroatoms. The van der Waals surface area contributed by atoms with Gasteiger partial charge >= 0.3 is 0 Å². The predicted molar refractivity (Wildman–Crippen MR) is 85.6 cm³/mol. The van der Waals surface area contributed by atoms with Crippen LogP contribution in [0.15, 0.2) is 23.3 Å². The lowest BCUT2D eigenvalue weighted by Gasteiger charge is -2.24. The van der Waals surface area contributed by atoms with E-state index in [-0.39, 0.29) is 0 Å². The van der Waals surface area contributed by atoms with Crippen molar-refractivity contribution in [3.8, 4) is 5.88 Å². The lowest BCUT2D eigenvalue weighted by Crippen LogP contribution is -2.44. The van der Waals surface area contributed by atoms with Gasteiger partial charge in [0.05, 0.1) is 13.7 Å². The molecule has 0 amide bonds. The maximum Gasteiger partial charge on any atom is 0.218 e. The van der Waals surface area contributed by atoms with Gasteiger partial charge in [0.2, 0.25) is 5.88 Å². The van der Waals surface area contributed by atoms with Crippen molar-refractivity contribution in [2.24, 2.45) is 4.99 Å². The standard InChI is InChI=1S/C16H26N4O/c1-3-17-16(20-14-9-5-4-6-10-14)19-12-13-8-7-11-18-15(13)21-2/h7-8,11,14H,3-6,9-10,12H2,1-2H3,(H2,17,19,20). The van der Waals surface area contributed by atoms with E-state index in [2.05, 4.69) is 27.5 Å². The second kappa shape index (κ2) is 8.49. The lowest BCUT2D eigenvalue weighted by atomic mass is 9.96. The van der Waals surface area contributed by atoms with Crippen LogP contribution in [0.2, 0.25) is 0 Å². The van der Waals surface area contributed by atoms with E-state index in [1.807, 2.05) is 12.1 Å². The van der Waals surface area contributed by atoms with Crippen LogP contribution < -0.4 is 15.4 Å². The van der Waals surface area contributed by atoms with E-state index >= 15 is 0 Å². The van der Waals surface area contributed by atoms with Crippen molar-refractivity contribution < 1.29 is 4.74 Å². The molecule has 2 rings (SSSR count). The summed E-state index contributed by atoms with van der Waals surface area (Å²) >= 11 is 0. The minimum Gasteiger partial charge on any atom is -0.481 e. The highest BCUT2D eigenvalue weighted by Gasteiger charge is 2.14.